The molecule has 0 aliphatic carbocycles. The molecule has 0 saturated carbocycles. The van der Waals surface area contributed by atoms with E-state index in [1.807, 2.05) is 0 Å². The Kier molecular flexibility index (Phi) is 2.94. The first-order valence-electron chi connectivity index (χ1n) is 3.74. The second-order valence-corrected chi connectivity index (χ2v) is 2.57. The van der Waals surface area contributed by atoms with Gasteiger partial charge in [0, 0.05) is 7.11 Å². The minimum absolute atomic E-state index is 0.0800. The predicted octanol–water partition coefficient (Wildman–Crippen LogP) is 1.29. The van der Waals surface area contributed by atoms with Gasteiger partial charge in [-0.1, -0.05) is 6.07 Å². The van der Waals surface area contributed by atoms with E-state index < -0.39 is 0 Å². The van der Waals surface area contributed by atoms with Crippen molar-refractivity contribution in [3.63, 3.8) is 0 Å². The molecular formula is C9H12O3. The third-order valence-corrected chi connectivity index (χ3v) is 1.63. The molecule has 0 radical (unpaired) electrons. The smallest absolute Gasteiger partial charge is 0.157 e. The van der Waals surface area contributed by atoms with Crippen LogP contribution in [0.25, 0.3) is 0 Å². The van der Waals surface area contributed by atoms with E-state index >= 15 is 0 Å². The minimum Gasteiger partial charge on any atom is -0.504 e. The SMILES string of the molecule is COCCc1ccc(O)c(O)c1. The summed E-state index contributed by atoms with van der Waals surface area (Å²) in [5, 5.41) is 18.1. The number of phenolic OH excluding ortho intramolecular Hbond substituents is 2. The van der Waals surface area contributed by atoms with E-state index in [-0.39, 0.29) is 11.5 Å². The van der Waals surface area contributed by atoms with E-state index in [1.54, 1.807) is 13.2 Å². The average Bonchev–Trinajstić information content (AvgIpc) is 2.07. The first kappa shape index (κ1) is 8.87. The first-order chi connectivity index (χ1) is 5.74. The minimum atomic E-state index is -0.0869. The van der Waals surface area contributed by atoms with Crippen LogP contribution in [0.15, 0.2) is 18.2 Å². The highest BCUT2D eigenvalue weighted by Gasteiger charge is 1.99. The van der Waals surface area contributed by atoms with Crippen LogP contribution in [0.5, 0.6) is 11.5 Å². The van der Waals surface area contributed by atoms with Gasteiger partial charge >= 0.3 is 0 Å². The maximum absolute atomic E-state index is 9.11. The highest BCUT2D eigenvalue weighted by atomic mass is 16.5. The van der Waals surface area contributed by atoms with Gasteiger partial charge in [-0.3, -0.25) is 0 Å². The zero-order valence-electron chi connectivity index (χ0n) is 6.95. The average molecular weight is 168 g/mol. The van der Waals surface area contributed by atoms with E-state index in [4.69, 9.17) is 14.9 Å². The Labute approximate surface area is 71.2 Å². The summed E-state index contributed by atoms with van der Waals surface area (Å²) in [6.07, 6.45) is 0.740. The summed E-state index contributed by atoms with van der Waals surface area (Å²) < 4.78 is 4.87. The Morgan fingerprint density at radius 2 is 2.00 bits per heavy atom. The van der Waals surface area contributed by atoms with Crippen molar-refractivity contribution in [2.45, 2.75) is 6.42 Å². The van der Waals surface area contributed by atoms with Gasteiger partial charge in [0.1, 0.15) is 0 Å². The molecular weight excluding hydrogens is 156 g/mol. The van der Waals surface area contributed by atoms with Crippen LogP contribution in [0.2, 0.25) is 0 Å². The lowest BCUT2D eigenvalue weighted by Gasteiger charge is -2.02. The van der Waals surface area contributed by atoms with Crippen LogP contribution in [0.1, 0.15) is 5.56 Å². The van der Waals surface area contributed by atoms with Crippen LogP contribution < -0.4 is 0 Å². The van der Waals surface area contributed by atoms with Gasteiger partial charge in [-0.25, -0.2) is 0 Å². The van der Waals surface area contributed by atoms with Gasteiger partial charge in [-0.05, 0) is 24.1 Å². The molecule has 0 aliphatic heterocycles. The van der Waals surface area contributed by atoms with E-state index in [0.29, 0.717) is 6.61 Å². The molecule has 0 spiro atoms. The first-order valence-corrected chi connectivity index (χ1v) is 3.74. The normalized spacial score (nSPS) is 10.1. The van der Waals surface area contributed by atoms with Crippen molar-refractivity contribution in [3.05, 3.63) is 23.8 Å². The van der Waals surface area contributed by atoms with Crippen molar-refractivity contribution in [2.24, 2.45) is 0 Å². The monoisotopic (exact) mass is 168 g/mol. The molecule has 0 bridgehead atoms. The Bertz CT molecular complexity index is 258. The van der Waals surface area contributed by atoms with Crippen molar-refractivity contribution in [2.75, 3.05) is 13.7 Å². The maximum atomic E-state index is 9.11. The molecule has 1 rings (SSSR count). The fraction of sp³-hybridized carbons (Fsp3) is 0.333. The Morgan fingerprint density at radius 3 is 2.58 bits per heavy atom. The highest BCUT2D eigenvalue weighted by molar-refractivity contribution is 5.40. The van der Waals surface area contributed by atoms with Crippen molar-refractivity contribution < 1.29 is 14.9 Å². The molecule has 3 heteroatoms. The largest absolute Gasteiger partial charge is 0.504 e. The molecule has 12 heavy (non-hydrogen) atoms. The molecule has 0 heterocycles. The molecule has 66 valence electrons. The van der Waals surface area contributed by atoms with Gasteiger partial charge in [0.15, 0.2) is 11.5 Å². The maximum Gasteiger partial charge on any atom is 0.157 e. The van der Waals surface area contributed by atoms with Crippen LogP contribution in [0.3, 0.4) is 0 Å². The number of hydrogen-bond donors (Lipinski definition) is 2. The molecule has 0 unspecified atom stereocenters. The van der Waals surface area contributed by atoms with Crippen molar-refractivity contribution >= 4 is 0 Å². The highest BCUT2D eigenvalue weighted by Crippen LogP contribution is 2.24. The Hall–Kier alpha value is -1.22. The second kappa shape index (κ2) is 3.97. The van der Waals surface area contributed by atoms with Gasteiger partial charge in [-0.2, -0.15) is 0 Å². The molecule has 0 amide bonds. The molecule has 0 aromatic heterocycles. The summed E-state index contributed by atoms with van der Waals surface area (Å²) in [5.41, 5.74) is 0.951. The molecule has 0 saturated heterocycles. The summed E-state index contributed by atoms with van der Waals surface area (Å²) in [5.74, 6) is -0.167. The molecule has 0 fully saturated rings. The summed E-state index contributed by atoms with van der Waals surface area (Å²) >= 11 is 0. The molecule has 1 aromatic rings. The van der Waals surface area contributed by atoms with Crippen molar-refractivity contribution in [1.29, 1.82) is 0 Å². The van der Waals surface area contributed by atoms with E-state index in [0.717, 1.165) is 12.0 Å². The van der Waals surface area contributed by atoms with Gasteiger partial charge in [0.25, 0.3) is 0 Å². The summed E-state index contributed by atoms with van der Waals surface area (Å²) in [6.45, 7) is 0.615. The van der Waals surface area contributed by atoms with Crippen LogP contribution in [0.4, 0.5) is 0 Å². The fourth-order valence-electron chi connectivity index (χ4n) is 0.944. The van der Waals surface area contributed by atoms with Crippen LogP contribution in [0, 0.1) is 0 Å². The van der Waals surface area contributed by atoms with E-state index in [1.165, 1.54) is 12.1 Å². The lowest BCUT2D eigenvalue weighted by atomic mass is 10.1. The van der Waals surface area contributed by atoms with Crippen LogP contribution in [-0.4, -0.2) is 23.9 Å². The molecule has 2 N–H and O–H groups in total. The van der Waals surface area contributed by atoms with E-state index in [2.05, 4.69) is 0 Å². The van der Waals surface area contributed by atoms with Gasteiger partial charge in [0.2, 0.25) is 0 Å². The fourth-order valence-corrected chi connectivity index (χ4v) is 0.944. The molecule has 3 nitrogen and oxygen atoms in total. The summed E-state index contributed by atoms with van der Waals surface area (Å²) in [7, 11) is 1.63. The van der Waals surface area contributed by atoms with Gasteiger partial charge in [-0.15, -0.1) is 0 Å². The van der Waals surface area contributed by atoms with Gasteiger partial charge in [0.05, 0.1) is 6.61 Å². The molecule has 0 atom stereocenters. The Morgan fingerprint density at radius 1 is 1.25 bits per heavy atom. The number of methoxy groups -OCH3 is 1. The topological polar surface area (TPSA) is 49.7 Å². The van der Waals surface area contributed by atoms with Crippen LogP contribution in [-0.2, 0) is 11.2 Å². The number of aromatic hydroxyl groups is 2. The van der Waals surface area contributed by atoms with Crippen LogP contribution >= 0.6 is 0 Å². The number of benzene rings is 1. The van der Waals surface area contributed by atoms with Gasteiger partial charge < -0.3 is 14.9 Å². The quantitative estimate of drug-likeness (QED) is 0.668. The second-order valence-electron chi connectivity index (χ2n) is 2.57. The number of hydrogen-bond acceptors (Lipinski definition) is 3. The lowest BCUT2D eigenvalue weighted by molar-refractivity contribution is 0.202. The standard InChI is InChI=1S/C9H12O3/c1-12-5-4-7-2-3-8(10)9(11)6-7/h2-3,6,10-11H,4-5H2,1H3. The number of phenols is 2. The summed E-state index contributed by atoms with van der Waals surface area (Å²) in [6, 6.07) is 4.77. The van der Waals surface area contributed by atoms with Crippen molar-refractivity contribution in [3.8, 4) is 11.5 Å². The molecule has 0 aliphatic rings. The lowest BCUT2D eigenvalue weighted by Crippen LogP contribution is -1.93. The number of ether oxygens (including phenoxy) is 1. The summed E-state index contributed by atoms with van der Waals surface area (Å²) in [4.78, 5) is 0. The van der Waals surface area contributed by atoms with E-state index in [9.17, 15) is 0 Å². The third-order valence-electron chi connectivity index (χ3n) is 1.63. The Balaban J connectivity index is 2.69. The zero-order chi connectivity index (χ0) is 8.97. The number of rotatable bonds is 3. The zero-order valence-corrected chi connectivity index (χ0v) is 6.95. The predicted molar refractivity (Wildman–Crippen MR) is 45.4 cm³/mol. The van der Waals surface area contributed by atoms with Crippen molar-refractivity contribution in [1.82, 2.24) is 0 Å². The molecule has 1 aromatic carbocycles. The third kappa shape index (κ3) is 2.13.